The first-order valence-corrected chi connectivity index (χ1v) is 10.0. The summed E-state index contributed by atoms with van der Waals surface area (Å²) in [5.41, 5.74) is 0.158. The van der Waals surface area contributed by atoms with E-state index in [4.69, 9.17) is 16.3 Å². The molecular formula is C16H20ClN3O5S. The highest BCUT2D eigenvalue weighted by Crippen LogP contribution is 2.35. The maximum atomic E-state index is 12.7. The molecule has 0 aliphatic carbocycles. The highest BCUT2D eigenvalue weighted by atomic mass is 35.5. The minimum atomic E-state index is -3.57. The molecule has 2 rings (SSSR count). The highest BCUT2D eigenvalue weighted by Gasteiger charge is 2.25. The van der Waals surface area contributed by atoms with Gasteiger partial charge < -0.3 is 15.2 Å². The Morgan fingerprint density at radius 3 is 2.62 bits per heavy atom. The Kier molecular flexibility index (Phi) is 6.27. The minimum absolute atomic E-state index is 0.0223. The van der Waals surface area contributed by atoms with Crippen molar-refractivity contribution in [2.24, 2.45) is 7.05 Å². The summed E-state index contributed by atoms with van der Waals surface area (Å²) >= 11 is 6.34. The van der Waals surface area contributed by atoms with Gasteiger partial charge in [0.1, 0.15) is 5.56 Å². The van der Waals surface area contributed by atoms with E-state index in [1.165, 1.54) is 25.4 Å². The molecule has 0 radical (unpaired) electrons. The average Bonchev–Trinajstić information content (AvgIpc) is 2.90. The molecule has 0 saturated carbocycles. The van der Waals surface area contributed by atoms with E-state index in [1.807, 2.05) is 6.92 Å². The van der Waals surface area contributed by atoms with Crippen LogP contribution in [0.1, 0.15) is 22.8 Å². The Bertz CT molecular complexity index is 924. The minimum Gasteiger partial charge on any atom is -0.493 e. The number of aromatic hydroxyl groups is 1. The molecule has 0 saturated heterocycles. The zero-order valence-corrected chi connectivity index (χ0v) is 16.2. The number of carbonyl (C=O) groups excluding carboxylic acids is 1. The van der Waals surface area contributed by atoms with Crippen molar-refractivity contribution in [3.05, 3.63) is 34.5 Å². The van der Waals surface area contributed by atoms with Crippen molar-refractivity contribution in [3.8, 4) is 5.88 Å². The molecule has 2 N–H and O–H groups in total. The number of ketones is 1. The fourth-order valence-corrected chi connectivity index (χ4v) is 3.57. The van der Waals surface area contributed by atoms with Crippen molar-refractivity contribution in [3.63, 3.8) is 0 Å². The fourth-order valence-electron chi connectivity index (χ4n) is 2.34. The molecule has 0 aliphatic heterocycles. The number of halogens is 1. The number of aromatic nitrogens is 2. The topological polar surface area (TPSA) is 111 Å². The Morgan fingerprint density at radius 2 is 2.08 bits per heavy atom. The lowest BCUT2D eigenvalue weighted by molar-refractivity contribution is 0.103. The summed E-state index contributed by atoms with van der Waals surface area (Å²) in [7, 11) is -2.09. The lowest BCUT2D eigenvalue weighted by Crippen LogP contribution is -2.14. The predicted octanol–water partition coefficient (Wildman–Crippen LogP) is 1.86. The number of sulfone groups is 1. The number of carbonyl (C=O) groups is 1. The molecule has 0 amide bonds. The molecule has 142 valence electrons. The third-order valence-corrected chi connectivity index (χ3v) is 5.18. The standard InChI is InChI=1S/C16H20ClN3O5S/c1-4-25-8-7-18-14-12(26(3,23)24)6-5-10(13(14)17)15(21)11-9-19-20(2)16(11)22/h5-6,9,18,22H,4,7-8H2,1-3H3. The second kappa shape index (κ2) is 8.07. The van der Waals surface area contributed by atoms with E-state index < -0.39 is 15.6 Å². The van der Waals surface area contributed by atoms with Crippen LogP contribution in [-0.2, 0) is 21.6 Å². The second-order valence-electron chi connectivity index (χ2n) is 5.53. The van der Waals surface area contributed by atoms with Gasteiger partial charge in [0.05, 0.1) is 28.4 Å². The van der Waals surface area contributed by atoms with E-state index in [9.17, 15) is 18.3 Å². The van der Waals surface area contributed by atoms with Crippen LogP contribution < -0.4 is 5.32 Å². The van der Waals surface area contributed by atoms with Gasteiger partial charge in [-0.25, -0.2) is 13.1 Å². The molecular weight excluding hydrogens is 382 g/mol. The van der Waals surface area contributed by atoms with Gasteiger partial charge in [0.25, 0.3) is 0 Å². The normalized spacial score (nSPS) is 11.5. The molecule has 0 spiro atoms. The van der Waals surface area contributed by atoms with Crippen molar-refractivity contribution >= 4 is 32.9 Å². The van der Waals surface area contributed by atoms with E-state index in [0.29, 0.717) is 19.8 Å². The average molecular weight is 402 g/mol. The monoisotopic (exact) mass is 401 g/mol. The first-order chi connectivity index (χ1) is 12.2. The maximum absolute atomic E-state index is 12.7. The predicted molar refractivity (Wildman–Crippen MR) is 97.8 cm³/mol. The van der Waals surface area contributed by atoms with Crippen LogP contribution in [0.4, 0.5) is 5.69 Å². The van der Waals surface area contributed by atoms with Crippen LogP contribution in [0.2, 0.25) is 5.02 Å². The van der Waals surface area contributed by atoms with Crippen molar-refractivity contribution in [1.82, 2.24) is 9.78 Å². The zero-order chi connectivity index (χ0) is 19.5. The van der Waals surface area contributed by atoms with Crippen LogP contribution >= 0.6 is 11.6 Å². The summed E-state index contributed by atoms with van der Waals surface area (Å²) in [6.07, 6.45) is 2.28. The number of rotatable bonds is 8. The van der Waals surface area contributed by atoms with Gasteiger partial charge in [0, 0.05) is 32.0 Å². The van der Waals surface area contributed by atoms with Gasteiger partial charge in [-0.3, -0.25) is 4.79 Å². The van der Waals surface area contributed by atoms with Crippen molar-refractivity contribution < 1.29 is 23.1 Å². The molecule has 2 aromatic rings. The van der Waals surface area contributed by atoms with Crippen LogP contribution in [-0.4, -0.2) is 55.1 Å². The number of benzene rings is 1. The number of hydrogen-bond acceptors (Lipinski definition) is 7. The lowest BCUT2D eigenvalue weighted by Gasteiger charge is -2.15. The van der Waals surface area contributed by atoms with Gasteiger partial charge in [-0.15, -0.1) is 0 Å². The van der Waals surface area contributed by atoms with Crippen LogP contribution in [0, 0.1) is 0 Å². The van der Waals surface area contributed by atoms with Gasteiger partial charge in [0.15, 0.2) is 9.84 Å². The smallest absolute Gasteiger partial charge is 0.220 e. The number of aryl methyl sites for hydroxylation is 1. The third-order valence-electron chi connectivity index (χ3n) is 3.65. The number of anilines is 1. The highest BCUT2D eigenvalue weighted by molar-refractivity contribution is 7.90. The molecule has 8 nitrogen and oxygen atoms in total. The molecule has 26 heavy (non-hydrogen) atoms. The SMILES string of the molecule is CCOCCNc1c(S(C)(=O)=O)ccc(C(=O)c2cnn(C)c2O)c1Cl. The summed E-state index contributed by atoms with van der Waals surface area (Å²) in [5.74, 6) is -0.863. The fraction of sp³-hybridized carbons (Fsp3) is 0.375. The number of nitrogens with zero attached hydrogens (tertiary/aromatic N) is 2. The molecule has 0 aliphatic rings. The van der Waals surface area contributed by atoms with Gasteiger partial charge in [-0.1, -0.05) is 11.6 Å². The van der Waals surface area contributed by atoms with E-state index in [1.54, 1.807) is 0 Å². The molecule has 0 fully saturated rings. The van der Waals surface area contributed by atoms with Gasteiger partial charge in [-0.05, 0) is 19.1 Å². The van der Waals surface area contributed by atoms with E-state index in [0.717, 1.165) is 10.9 Å². The Hall–Kier alpha value is -2.10. The molecule has 1 heterocycles. The van der Waals surface area contributed by atoms with Crippen molar-refractivity contribution in [2.75, 3.05) is 31.3 Å². The summed E-state index contributed by atoms with van der Waals surface area (Å²) in [4.78, 5) is 12.7. The Morgan fingerprint density at radius 1 is 1.38 bits per heavy atom. The van der Waals surface area contributed by atoms with Crippen LogP contribution in [0.15, 0.2) is 23.2 Å². The lowest BCUT2D eigenvalue weighted by atomic mass is 10.0. The Labute approximate surface area is 156 Å². The quantitative estimate of drug-likeness (QED) is 0.513. The maximum Gasteiger partial charge on any atom is 0.220 e. The van der Waals surface area contributed by atoms with Gasteiger partial charge in [0.2, 0.25) is 11.7 Å². The summed E-state index contributed by atoms with van der Waals surface area (Å²) < 4.78 is 30.4. The van der Waals surface area contributed by atoms with Gasteiger partial charge >= 0.3 is 0 Å². The van der Waals surface area contributed by atoms with Gasteiger partial charge in [-0.2, -0.15) is 5.10 Å². The van der Waals surface area contributed by atoms with E-state index in [-0.39, 0.29) is 32.6 Å². The van der Waals surface area contributed by atoms with Crippen LogP contribution in [0.3, 0.4) is 0 Å². The number of hydrogen-bond donors (Lipinski definition) is 2. The summed E-state index contributed by atoms with van der Waals surface area (Å²) in [6.45, 7) is 3.02. The first-order valence-electron chi connectivity index (χ1n) is 7.78. The molecule has 1 aromatic carbocycles. The molecule has 1 aromatic heterocycles. The third kappa shape index (κ3) is 4.17. The van der Waals surface area contributed by atoms with Crippen LogP contribution in [0.5, 0.6) is 5.88 Å². The Balaban J connectivity index is 2.48. The van der Waals surface area contributed by atoms with Crippen molar-refractivity contribution in [2.45, 2.75) is 11.8 Å². The van der Waals surface area contributed by atoms with E-state index >= 15 is 0 Å². The zero-order valence-electron chi connectivity index (χ0n) is 14.6. The summed E-state index contributed by atoms with van der Waals surface area (Å²) in [5, 5.41) is 16.6. The van der Waals surface area contributed by atoms with Crippen molar-refractivity contribution in [1.29, 1.82) is 0 Å². The molecule has 0 atom stereocenters. The molecule has 10 heteroatoms. The molecule has 0 unspecified atom stereocenters. The number of nitrogens with one attached hydrogen (secondary N) is 1. The second-order valence-corrected chi connectivity index (χ2v) is 7.89. The van der Waals surface area contributed by atoms with Crippen LogP contribution in [0.25, 0.3) is 0 Å². The van der Waals surface area contributed by atoms with E-state index in [2.05, 4.69) is 10.4 Å². The molecule has 0 bridgehead atoms. The first kappa shape index (κ1) is 20.2. The largest absolute Gasteiger partial charge is 0.493 e. The summed E-state index contributed by atoms with van der Waals surface area (Å²) in [6, 6.07) is 2.63. The number of ether oxygens (including phenoxy) is 1.